The van der Waals surface area contributed by atoms with Gasteiger partial charge < -0.3 is 10.8 Å². The molecule has 1 rings (SSSR count). The second kappa shape index (κ2) is 6.18. The van der Waals surface area contributed by atoms with Gasteiger partial charge in [0.15, 0.2) is 0 Å². The van der Waals surface area contributed by atoms with Crippen molar-refractivity contribution in [2.24, 2.45) is 0 Å². The Balaban J connectivity index is 0.000000293. The van der Waals surface area contributed by atoms with E-state index in [1.807, 2.05) is 0 Å². The van der Waals surface area contributed by atoms with Gasteiger partial charge >= 0.3 is 5.97 Å². The van der Waals surface area contributed by atoms with E-state index in [4.69, 9.17) is 45.6 Å². The van der Waals surface area contributed by atoms with Crippen LogP contribution >= 0.6 is 34.8 Å². The van der Waals surface area contributed by atoms with E-state index in [9.17, 15) is 4.79 Å². The lowest BCUT2D eigenvalue weighted by atomic mass is 10.2. The fourth-order valence-corrected chi connectivity index (χ4v) is 1.12. The van der Waals surface area contributed by atoms with Crippen LogP contribution in [-0.2, 0) is 4.79 Å². The second-order valence-electron chi connectivity index (χ2n) is 3.48. The molecule has 0 saturated heterocycles. The number of hydrogen-bond acceptors (Lipinski definition) is 2. The van der Waals surface area contributed by atoms with E-state index in [-0.39, 0.29) is 0 Å². The number of alkyl halides is 1. The minimum Gasteiger partial charge on any atom is -0.480 e. The number of benzene rings is 1. The van der Waals surface area contributed by atoms with Gasteiger partial charge in [-0.3, -0.25) is 4.79 Å². The van der Waals surface area contributed by atoms with Crippen molar-refractivity contribution in [1.29, 1.82) is 0 Å². The first kappa shape index (κ1) is 15.4. The van der Waals surface area contributed by atoms with Crippen LogP contribution in [0.2, 0.25) is 10.0 Å². The van der Waals surface area contributed by atoms with Gasteiger partial charge in [-0.1, -0.05) is 23.2 Å². The lowest BCUT2D eigenvalue weighted by Gasteiger charge is -2.05. The lowest BCUT2D eigenvalue weighted by molar-refractivity contribution is -0.139. The van der Waals surface area contributed by atoms with Gasteiger partial charge in [0.2, 0.25) is 0 Å². The van der Waals surface area contributed by atoms with Crippen LogP contribution in [0.4, 0.5) is 5.69 Å². The van der Waals surface area contributed by atoms with Crippen LogP contribution in [0.25, 0.3) is 0 Å². The Labute approximate surface area is 109 Å². The Bertz CT molecular complexity index is 324. The second-order valence-corrected chi connectivity index (χ2v) is 5.30. The van der Waals surface area contributed by atoms with Crippen LogP contribution in [0, 0.1) is 0 Å². The average molecular weight is 285 g/mol. The first-order valence-electron chi connectivity index (χ1n) is 4.27. The van der Waals surface area contributed by atoms with Crippen molar-refractivity contribution < 1.29 is 9.90 Å². The monoisotopic (exact) mass is 283 g/mol. The van der Waals surface area contributed by atoms with Crippen molar-refractivity contribution in [1.82, 2.24) is 0 Å². The third-order valence-electron chi connectivity index (χ3n) is 1.39. The number of nitrogens with two attached hydrogens (primary N) is 1. The first-order valence-corrected chi connectivity index (χ1v) is 5.40. The highest BCUT2D eigenvalue weighted by atomic mass is 35.5. The number of carboxylic acid groups (broad SMARTS) is 1. The largest absolute Gasteiger partial charge is 0.480 e. The Morgan fingerprint density at radius 3 is 1.75 bits per heavy atom. The van der Waals surface area contributed by atoms with Gasteiger partial charge in [0, 0.05) is 15.7 Å². The van der Waals surface area contributed by atoms with E-state index in [2.05, 4.69) is 0 Å². The van der Waals surface area contributed by atoms with Gasteiger partial charge in [0.05, 0.1) is 0 Å². The molecule has 3 N–H and O–H groups in total. The maximum atomic E-state index is 9.89. The predicted molar refractivity (Wildman–Crippen MR) is 68.4 cm³/mol. The molecule has 1 aromatic rings. The van der Waals surface area contributed by atoms with Gasteiger partial charge in [-0.05, 0) is 32.0 Å². The smallest absolute Gasteiger partial charge is 0.324 e. The molecule has 0 fully saturated rings. The van der Waals surface area contributed by atoms with E-state index in [1.165, 1.54) is 13.8 Å². The quantitative estimate of drug-likeness (QED) is 0.611. The number of anilines is 1. The summed E-state index contributed by atoms with van der Waals surface area (Å²) >= 11 is 16.4. The maximum absolute atomic E-state index is 9.89. The molecule has 0 unspecified atom stereocenters. The zero-order valence-corrected chi connectivity index (χ0v) is 11.1. The molecule has 0 amide bonds. The van der Waals surface area contributed by atoms with Crippen LogP contribution in [0.5, 0.6) is 0 Å². The zero-order valence-electron chi connectivity index (χ0n) is 8.80. The van der Waals surface area contributed by atoms with Crippen LogP contribution in [0.3, 0.4) is 0 Å². The number of carbonyl (C=O) groups is 1. The third-order valence-corrected chi connectivity index (χ3v) is 1.99. The number of rotatable bonds is 1. The summed E-state index contributed by atoms with van der Waals surface area (Å²) in [5.41, 5.74) is 5.98. The fraction of sp³-hybridized carbons (Fsp3) is 0.300. The number of nitrogen functional groups attached to an aromatic ring is 1. The summed E-state index contributed by atoms with van der Waals surface area (Å²) < 4.78 is 0. The molecule has 0 radical (unpaired) electrons. The molecule has 0 aliphatic heterocycles. The topological polar surface area (TPSA) is 63.3 Å². The Morgan fingerprint density at radius 2 is 1.56 bits per heavy atom. The molecule has 6 heteroatoms. The van der Waals surface area contributed by atoms with E-state index >= 15 is 0 Å². The molecule has 0 aliphatic carbocycles. The van der Waals surface area contributed by atoms with Crippen LogP contribution in [-0.4, -0.2) is 16.0 Å². The van der Waals surface area contributed by atoms with Crippen LogP contribution in [0.15, 0.2) is 18.2 Å². The molecular weight excluding hydrogens is 272 g/mol. The highest BCUT2D eigenvalue weighted by molar-refractivity contribution is 6.35. The fourth-order valence-electron chi connectivity index (χ4n) is 0.575. The third kappa shape index (κ3) is 6.77. The van der Waals surface area contributed by atoms with Crippen molar-refractivity contribution in [2.75, 3.05) is 5.73 Å². The van der Waals surface area contributed by atoms with Crippen molar-refractivity contribution in [3.8, 4) is 0 Å². The van der Waals surface area contributed by atoms with Gasteiger partial charge in [0.1, 0.15) is 4.87 Å². The summed E-state index contributed by atoms with van der Waals surface area (Å²) in [6.45, 7) is 2.85. The highest BCUT2D eigenvalue weighted by Crippen LogP contribution is 2.19. The van der Waals surface area contributed by atoms with Crippen molar-refractivity contribution in [3.05, 3.63) is 28.2 Å². The normalized spacial score (nSPS) is 10.3. The summed E-state index contributed by atoms with van der Waals surface area (Å²) in [6.07, 6.45) is 0. The Hall–Kier alpha value is -0.640. The molecule has 0 heterocycles. The molecule has 3 nitrogen and oxygen atoms in total. The minimum absolute atomic E-state index is 0.569. The van der Waals surface area contributed by atoms with Crippen molar-refractivity contribution in [3.63, 3.8) is 0 Å². The van der Waals surface area contributed by atoms with Crippen LogP contribution < -0.4 is 5.73 Å². The summed E-state index contributed by atoms with van der Waals surface area (Å²) in [5, 5.41) is 9.26. The van der Waals surface area contributed by atoms with Gasteiger partial charge in [-0.15, -0.1) is 11.6 Å². The van der Waals surface area contributed by atoms with Gasteiger partial charge in [-0.2, -0.15) is 0 Å². The zero-order chi connectivity index (χ0) is 12.9. The standard InChI is InChI=1S/C6H5Cl2N.C4H7ClO2/c7-4-1-5(8)3-6(9)2-4;1-4(2,5)3(6)7/h1-3H,9H2;1-2H3,(H,6,7). The average Bonchev–Trinajstić information content (AvgIpc) is 1.99. The summed E-state index contributed by atoms with van der Waals surface area (Å²) in [5.74, 6) is -0.992. The number of carboxylic acids is 1. The summed E-state index contributed by atoms with van der Waals surface area (Å²) in [7, 11) is 0. The number of hydrogen-bond donors (Lipinski definition) is 2. The molecule has 0 spiro atoms. The SMILES string of the molecule is CC(C)(Cl)C(=O)O.Nc1cc(Cl)cc(Cl)c1. The number of aliphatic carboxylic acids is 1. The first-order chi connectivity index (χ1) is 7.12. The summed E-state index contributed by atoms with van der Waals surface area (Å²) in [4.78, 5) is 8.78. The molecule has 0 atom stereocenters. The molecule has 0 aromatic heterocycles. The van der Waals surface area contributed by atoms with E-state index < -0.39 is 10.8 Å². The van der Waals surface area contributed by atoms with E-state index in [0.29, 0.717) is 15.7 Å². The minimum atomic E-state index is -1.11. The lowest BCUT2D eigenvalue weighted by Crippen LogP contribution is -2.23. The molecule has 1 aromatic carbocycles. The van der Waals surface area contributed by atoms with Crippen LogP contribution in [0.1, 0.15) is 13.8 Å². The Morgan fingerprint density at radius 1 is 1.25 bits per heavy atom. The molecule has 0 aliphatic rings. The van der Waals surface area contributed by atoms with Gasteiger partial charge in [0.25, 0.3) is 0 Å². The predicted octanol–water partition coefficient (Wildman–Crippen LogP) is 3.66. The van der Waals surface area contributed by atoms with Crippen molar-refractivity contribution in [2.45, 2.75) is 18.7 Å². The molecule has 90 valence electrons. The number of halogens is 3. The maximum Gasteiger partial charge on any atom is 0.324 e. The van der Waals surface area contributed by atoms with Gasteiger partial charge in [-0.25, -0.2) is 0 Å². The Kier molecular flexibility index (Phi) is 5.94. The molecule has 16 heavy (non-hydrogen) atoms. The molecule has 0 bridgehead atoms. The highest BCUT2D eigenvalue weighted by Gasteiger charge is 2.22. The summed E-state index contributed by atoms with van der Waals surface area (Å²) in [6, 6.07) is 4.93. The molecule has 0 saturated carbocycles. The van der Waals surface area contributed by atoms with E-state index in [0.717, 1.165) is 0 Å². The van der Waals surface area contributed by atoms with E-state index in [1.54, 1.807) is 18.2 Å². The van der Waals surface area contributed by atoms with Crippen molar-refractivity contribution >= 4 is 46.5 Å². The molecular formula is C10H12Cl3NO2.